The molecule has 0 fully saturated rings. The third-order valence-electron chi connectivity index (χ3n) is 2.07. The number of nitrogens with two attached hydrogens (primary N) is 1. The van der Waals surface area contributed by atoms with Crippen LogP contribution in [0.3, 0.4) is 0 Å². The Labute approximate surface area is 94.5 Å². The molecule has 0 saturated carbocycles. The highest BCUT2D eigenvalue weighted by molar-refractivity contribution is 5.85. The first-order valence-electron chi connectivity index (χ1n) is 4.43. The molecular weight excluding hydrogens is 212 g/mol. The lowest BCUT2D eigenvalue weighted by Crippen LogP contribution is -1.98. The zero-order chi connectivity index (χ0) is 9.97. The summed E-state index contributed by atoms with van der Waals surface area (Å²) < 4.78 is 1.77. The second kappa shape index (κ2) is 4.91. The first kappa shape index (κ1) is 11.7. The zero-order valence-corrected chi connectivity index (χ0v) is 9.24. The summed E-state index contributed by atoms with van der Waals surface area (Å²) in [5, 5.41) is 4.10. The standard InChI is InChI=1S/C10H12N4.ClH/c1-14-7-9(6-13-14)8-2-3-10(4-11)12-5-8;/h2-3,5-7H,4,11H2,1H3;1H. The minimum Gasteiger partial charge on any atom is -0.325 e. The smallest absolute Gasteiger partial charge is 0.0568 e. The molecule has 0 atom stereocenters. The molecule has 0 radical (unpaired) electrons. The molecule has 2 heterocycles. The van der Waals surface area contributed by atoms with Gasteiger partial charge in [-0.2, -0.15) is 5.10 Å². The van der Waals surface area contributed by atoms with Crippen molar-refractivity contribution in [1.82, 2.24) is 14.8 Å². The predicted molar refractivity (Wildman–Crippen MR) is 61.6 cm³/mol. The monoisotopic (exact) mass is 224 g/mol. The molecule has 2 aromatic heterocycles. The van der Waals surface area contributed by atoms with Gasteiger partial charge >= 0.3 is 0 Å². The Balaban J connectivity index is 0.00000112. The SMILES string of the molecule is Cl.Cn1cc(-c2ccc(CN)nc2)cn1. The molecule has 80 valence electrons. The fourth-order valence-electron chi connectivity index (χ4n) is 1.29. The van der Waals surface area contributed by atoms with Crippen molar-refractivity contribution in [1.29, 1.82) is 0 Å². The van der Waals surface area contributed by atoms with Gasteiger partial charge in [-0.3, -0.25) is 9.67 Å². The number of halogens is 1. The van der Waals surface area contributed by atoms with Gasteiger partial charge in [0.1, 0.15) is 0 Å². The van der Waals surface area contributed by atoms with E-state index < -0.39 is 0 Å². The van der Waals surface area contributed by atoms with Crippen LogP contribution in [0.2, 0.25) is 0 Å². The maximum absolute atomic E-state index is 5.46. The maximum Gasteiger partial charge on any atom is 0.0568 e. The van der Waals surface area contributed by atoms with E-state index in [9.17, 15) is 0 Å². The van der Waals surface area contributed by atoms with Crippen LogP contribution in [-0.4, -0.2) is 14.8 Å². The second-order valence-electron chi connectivity index (χ2n) is 3.15. The van der Waals surface area contributed by atoms with Crippen molar-refractivity contribution < 1.29 is 0 Å². The van der Waals surface area contributed by atoms with Gasteiger partial charge < -0.3 is 5.73 Å². The molecule has 2 aromatic rings. The highest BCUT2D eigenvalue weighted by Gasteiger charge is 2.00. The predicted octanol–water partition coefficient (Wildman–Crippen LogP) is 1.36. The summed E-state index contributed by atoms with van der Waals surface area (Å²) in [5.41, 5.74) is 8.50. The van der Waals surface area contributed by atoms with E-state index >= 15 is 0 Å². The third kappa shape index (κ3) is 2.55. The summed E-state index contributed by atoms with van der Waals surface area (Å²) in [6, 6.07) is 3.94. The van der Waals surface area contributed by atoms with E-state index in [1.165, 1.54) is 0 Å². The third-order valence-corrected chi connectivity index (χ3v) is 2.07. The van der Waals surface area contributed by atoms with Crippen molar-refractivity contribution in [2.24, 2.45) is 12.8 Å². The van der Waals surface area contributed by atoms with Gasteiger partial charge in [0.25, 0.3) is 0 Å². The Morgan fingerprint density at radius 1 is 1.27 bits per heavy atom. The van der Waals surface area contributed by atoms with Gasteiger partial charge in [-0.05, 0) is 6.07 Å². The van der Waals surface area contributed by atoms with Crippen LogP contribution in [0.1, 0.15) is 5.69 Å². The van der Waals surface area contributed by atoms with Crippen LogP contribution < -0.4 is 5.73 Å². The summed E-state index contributed by atoms with van der Waals surface area (Å²) in [7, 11) is 1.89. The van der Waals surface area contributed by atoms with Crippen molar-refractivity contribution in [2.75, 3.05) is 0 Å². The Bertz CT molecular complexity index is 421. The lowest BCUT2D eigenvalue weighted by atomic mass is 10.1. The molecule has 0 aromatic carbocycles. The van der Waals surface area contributed by atoms with Gasteiger partial charge in [-0.1, -0.05) is 6.07 Å². The molecule has 5 heteroatoms. The molecule has 0 aliphatic rings. The summed E-state index contributed by atoms with van der Waals surface area (Å²) in [4.78, 5) is 4.22. The molecule has 0 amide bonds. The van der Waals surface area contributed by atoms with Crippen LogP contribution in [0.5, 0.6) is 0 Å². The molecule has 15 heavy (non-hydrogen) atoms. The average molecular weight is 225 g/mol. The van der Waals surface area contributed by atoms with Crippen molar-refractivity contribution >= 4 is 12.4 Å². The van der Waals surface area contributed by atoms with E-state index in [0.29, 0.717) is 6.54 Å². The number of aryl methyl sites for hydroxylation is 1. The van der Waals surface area contributed by atoms with Crippen LogP contribution in [-0.2, 0) is 13.6 Å². The molecule has 0 saturated heterocycles. The molecule has 2 rings (SSSR count). The molecular formula is C10H13ClN4. The van der Waals surface area contributed by atoms with Crippen molar-refractivity contribution in [3.63, 3.8) is 0 Å². The molecule has 0 bridgehead atoms. The van der Waals surface area contributed by atoms with Crippen molar-refractivity contribution in [3.8, 4) is 11.1 Å². The van der Waals surface area contributed by atoms with Gasteiger partial charge in [-0.15, -0.1) is 12.4 Å². The summed E-state index contributed by atoms with van der Waals surface area (Å²) in [6.45, 7) is 0.479. The Morgan fingerprint density at radius 2 is 2.07 bits per heavy atom. The topological polar surface area (TPSA) is 56.7 Å². The van der Waals surface area contributed by atoms with Crippen LogP contribution in [0.15, 0.2) is 30.7 Å². The summed E-state index contributed by atoms with van der Waals surface area (Å²) >= 11 is 0. The number of hydrogen-bond donors (Lipinski definition) is 1. The minimum atomic E-state index is 0. The molecule has 2 N–H and O–H groups in total. The van der Waals surface area contributed by atoms with Crippen molar-refractivity contribution in [3.05, 3.63) is 36.4 Å². The first-order valence-corrected chi connectivity index (χ1v) is 4.43. The van der Waals surface area contributed by atoms with E-state index in [0.717, 1.165) is 16.8 Å². The number of nitrogens with zero attached hydrogens (tertiary/aromatic N) is 3. The summed E-state index contributed by atoms with van der Waals surface area (Å²) in [5.74, 6) is 0. The quantitative estimate of drug-likeness (QED) is 0.838. The van der Waals surface area contributed by atoms with E-state index in [4.69, 9.17) is 5.73 Å². The number of aromatic nitrogens is 3. The Hall–Kier alpha value is -1.39. The highest BCUT2D eigenvalue weighted by atomic mass is 35.5. The molecule has 0 unspecified atom stereocenters. The van der Waals surface area contributed by atoms with Crippen molar-refractivity contribution in [2.45, 2.75) is 6.54 Å². The van der Waals surface area contributed by atoms with Crippen LogP contribution in [0.25, 0.3) is 11.1 Å². The van der Waals surface area contributed by atoms with Gasteiger partial charge in [0.05, 0.1) is 11.9 Å². The number of pyridine rings is 1. The fraction of sp³-hybridized carbons (Fsp3) is 0.200. The molecule has 0 aliphatic heterocycles. The van der Waals surface area contributed by atoms with Gasteiger partial charge in [0.15, 0.2) is 0 Å². The fourth-order valence-corrected chi connectivity index (χ4v) is 1.29. The highest BCUT2D eigenvalue weighted by Crippen LogP contribution is 2.16. The van der Waals surface area contributed by atoms with E-state index in [2.05, 4.69) is 10.1 Å². The number of hydrogen-bond acceptors (Lipinski definition) is 3. The van der Waals surface area contributed by atoms with Gasteiger partial charge in [-0.25, -0.2) is 0 Å². The second-order valence-corrected chi connectivity index (χ2v) is 3.15. The Kier molecular flexibility index (Phi) is 3.82. The zero-order valence-electron chi connectivity index (χ0n) is 8.42. The lowest BCUT2D eigenvalue weighted by molar-refractivity contribution is 0.768. The maximum atomic E-state index is 5.46. The first-order chi connectivity index (χ1) is 6.79. The van der Waals surface area contributed by atoms with E-state index in [1.807, 2.05) is 37.8 Å². The number of rotatable bonds is 2. The van der Waals surface area contributed by atoms with Crippen LogP contribution >= 0.6 is 12.4 Å². The lowest BCUT2D eigenvalue weighted by Gasteiger charge is -1.98. The minimum absolute atomic E-state index is 0. The summed E-state index contributed by atoms with van der Waals surface area (Å²) in [6.07, 6.45) is 5.59. The largest absolute Gasteiger partial charge is 0.325 e. The molecule has 4 nitrogen and oxygen atoms in total. The van der Waals surface area contributed by atoms with Gasteiger partial charge in [0, 0.05) is 37.1 Å². The van der Waals surface area contributed by atoms with E-state index in [1.54, 1.807) is 4.68 Å². The normalized spacial score (nSPS) is 9.73. The van der Waals surface area contributed by atoms with Crippen LogP contribution in [0.4, 0.5) is 0 Å². The average Bonchev–Trinajstić information content (AvgIpc) is 2.65. The molecule has 0 spiro atoms. The van der Waals surface area contributed by atoms with E-state index in [-0.39, 0.29) is 12.4 Å². The Morgan fingerprint density at radius 3 is 2.53 bits per heavy atom. The van der Waals surface area contributed by atoms with Gasteiger partial charge in [0.2, 0.25) is 0 Å². The van der Waals surface area contributed by atoms with Crippen LogP contribution in [0, 0.1) is 0 Å². The molecule has 0 aliphatic carbocycles.